The average molecular weight is 482 g/mol. The third kappa shape index (κ3) is 5.35. The second kappa shape index (κ2) is 10.6. The van der Waals surface area contributed by atoms with Crippen molar-refractivity contribution in [1.29, 1.82) is 0 Å². The molecule has 0 radical (unpaired) electrons. The highest BCUT2D eigenvalue weighted by Crippen LogP contribution is 2.15. The standard InChI is InChI=1S/C24H27N5O4S/c1-33-23(32)17-7-8-19-20(15-17)26-24(34)29(22(19)31)16-21(30)25-9-10-27-11-13-28(14-12-27)18-5-3-2-4-6-18/h2-8,15H,9-14,16H2,1H3,(H,25,30)(H,26,34). The molecule has 10 heteroatoms. The Kier molecular flexibility index (Phi) is 7.39. The van der Waals surface area contributed by atoms with Crippen LogP contribution in [0, 0.1) is 4.77 Å². The minimum absolute atomic E-state index is 0.117. The summed E-state index contributed by atoms with van der Waals surface area (Å²) < 4.78 is 6.05. The predicted molar refractivity (Wildman–Crippen MR) is 133 cm³/mol. The van der Waals surface area contributed by atoms with Crippen molar-refractivity contribution < 1.29 is 14.3 Å². The van der Waals surface area contributed by atoms with E-state index in [0.717, 1.165) is 32.7 Å². The molecule has 1 aliphatic rings. The molecule has 0 bridgehead atoms. The van der Waals surface area contributed by atoms with Crippen molar-refractivity contribution in [2.75, 3.05) is 51.3 Å². The maximum atomic E-state index is 12.9. The largest absolute Gasteiger partial charge is 0.465 e. The molecule has 3 aromatic rings. The molecule has 4 rings (SSSR count). The van der Waals surface area contributed by atoms with Gasteiger partial charge in [0.05, 0.1) is 23.6 Å². The van der Waals surface area contributed by atoms with Crippen molar-refractivity contribution in [2.45, 2.75) is 6.54 Å². The second-order valence-corrected chi connectivity index (χ2v) is 8.47. The van der Waals surface area contributed by atoms with Crippen LogP contribution in [0.1, 0.15) is 10.4 Å². The summed E-state index contributed by atoms with van der Waals surface area (Å²) in [6, 6.07) is 14.9. The smallest absolute Gasteiger partial charge is 0.337 e. The minimum atomic E-state index is -0.508. The van der Waals surface area contributed by atoms with Gasteiger partial charge < -0.3 is 19.9 Å². The summed E-state index contributed by atoms with van der Waals surface area (Å²) in [6.07, 6.45) is 0. The number of benzene rings is 2. The number of amides is 1. The molecule has 1 saturated heterocycles. The molecular weight excluding hydrogens is 454 g/mol. The van der Waals surface area contributed by atoms with Gasteiger partial charge in [-0.05, 0) is 42.5 Å². The number of esters is 1. The molecule has 178 valence electrons. The lowest BCUT2D eigenvalue weighted by molar-refractivity contribution is -0.121. The molecule has 1 fully saturated rings. The van der Waals surface area contributed by atoms with Gasteiger partial charge in [0, 0.05) is 45.0 Å². The third-order valence-electron chi connectivity index (χ3n) is 5.95. The number of carbonyl (C=O) groups is 2. The number of carbonyl (C=O) groups excluding carboxylic acids is 2. The van der Waals surface area contributed by atoms with E-state index in [1.807, 2.05) is 18.2 Å². The normalized spacial score (nSPS) is 14.2. The molecule has 0 unspecified atom stereocenters. The number of anilines is 1. The van der Waals surface area contributed by atoms with Crippen LogP contribution in [0.3, 0.4) is 0 Å². The van der Waals surface area contributed by atoms with Crippen LogP contribution in [0.5, 0.6) is 0 Å². The Morgan fingerprint density at radius 2 is 1.82 bits per heavy atom. The zero-order chi connectivity index (χ0) is 24.1. The van der Waals surface area contributed by atoms with Gasteiger partial charge in [-0.1, -0.05) is 18.2 Å². The quantitative estimate of drug-likeness (QED) is 0.392. The van der Waals surface area contributed by atoms with Gasteiger partial charge in [0.2, 0.25) is 5.91 Å². The van der Waals surface area contributed by atoms with Gasteiger partial charge in [-0.15, -0.1) is 0 Å². The summed E-state index contributed by atoms with van der Waals surface area (Å²) in [5.74, 6) is -0.790. The zero-order valence-electron chi connectivity index (χ0n) is 19.0. The van der Waals surface area contributed by atoms with Crippen LogP contribution in [0.25, 0.3) is 10.9 Å². The molecule has 34 heavy (non-hydrogen) atoms. The zero-order valence-corrected chi connectivity index (χ0v) is 19.8. The van der Waals surface area contributed by atoms with Crippen molar-refractivity contribution in [3.63, 3.8) is 0 Å². The summed E-state index contributed by atoms with van der Waals surface area (Å²) in [7, 11) is 1.29. The SMILES string of the molecule is COC(=O)c1ccc2c(=O)n(CC(=O)NCCN3CCN(c4ccccc4)CC3)c(=S)[nH]c2c1. The van der Waals surface area contributed by atoms with Crippen LogP contribution in [0.15, 0.2) is 53.3 Å². The lowest BCUT2D eigenvalue weighted by Gasteiger charge is -2.36. The first kappa shape index (κ1) is 23.7. The summed E-state index contributed by atoms with van der Waals surface area (Å²) in [6.45, 7) is 4.79. The Hall–Kier alpha value is -3.50. The molecular formula is C24H27N5O4S. The number of methoxy groups -OCH3 is 1. The number of nitrogens with zero attached hydrogens (tertiary/aromatic N) is 3. The molecule has 1 aliphatic heterocycles. The lowest BCUT2D eigenvalue weighted by atomic mass is 10.1. The molecule has 1 amide bonds. The van der Waals surface area contributed by atoms with Gasteiger partial charge in [0.25, 0.3) is 5.56 Å². The van der Waals surface area contributed by atoms with Crippen molar-refractivity contribution in [2.24, 2.45) is 0 Å². The van der Waals surface area contributed by atoms with Gasteiger partial charge in [0.1, 0.15) is 6.54 Å². The number of hydrogen-bond donors (Lipinski definition) is 2. The molecule has 1 aromatic heterocycles. The third-order valence-corrected chi connectivity index (χ3v) is 6.27. The lowest BCUT2D eigenvalue weighted by Crippen LogP contribution is -2.48. The highest BCUT2D eigenvalue weighted by atomic mass is 32.1. The maximum Gasteiger partial charge on any atom is 0.337 e. The number of aromatic amines is 1. The van der Waals surface area contributed by atoms with Gasteiger partial charge in [-0.25, -0.2) is 4.79 Å². The topological polar surface area (TPSA) is 99.7 Å². The highest BCUT2D eigenvalue weighted by Gasteiger charge is 2.17. The number of fused-ring (bicyclic) bond motifs is 1. The Morgan fingerprint density at radius 1 is 1.09 bits per heavy atom. The van der Waals surface area contributed by atoms with Gasteiger partial charge >= 0.3 is 5.97 Å². The van der Waals surface area contributed by atoms with Gasteiger partial charge in [-0.3, -0.25) is 19.1 Å². The number of aromatic nitrogens is 2. The van der Waals surface area contributed by atoms with Crippen LogP contribution < -0.4 is 15.8 Å². The summed E-state index contributed by atoms with van der Waals surface area (Å²) in [5, 5.41) is 3.22. The Bertz CT molecular complexity index is 1300. The fourth-order valence-corrected chi connectivity index (χ4v) is 4.32. The summed E-state index contributed by atoms with van der Waals surface area (Å²) in [5.41, 5.74) is 1.57. The van der Waals surface area contributed by atoms with Gasteiger partial charge in [0.15, 0.2) is 4.77 Å². The number of ether oxygens (including phenoxy) is 1. The molecule has 2 N–H and O–H groups in total. The summed E-state index contributed by atoms with van der Waals surface area (Å²) >= 11 is 5.29. The number of piperazine rings is 1. The van der Waals surface area contributed by atoms with Crippen LogP contribution in [0.4, 0.5) is 5.69 Å². The first-order valence-electron chi connectivity index (χ1n) is 11.1. The van der Waals surface area contributed by atoms with Crippen molar-refractivity contribution >= 4 is 40.7 Å². The van der Waals surface area contributed by atoms with Crippen molar-refractivity contribution in [1.82, 2.24) is 19.8 Å². The van der Waals surface area contributed by atoms with E-state index < -0.39 is 5.97 Å². The average Bonchev–Trinajstić information content (AvgIpc) is 2.86. The van der Waals surface area contributed by atoms with Crippen molar-refractivity contribution in [3.8, 4) is 0 Å². The fourth-order valence-electron chi connectivity index (χ4n) is 4.06. The first-order chi connectivity index (χ1) is 16.5. The molecule has 2 heterocycles. The van der Waals surface area contributed by atoms with E-state index >= 15 is 0 Å². The number of H-pyrrole nitrogens is 1. The predicted octanol–water partition coefficient (Wildman–Crippen LogP) is 1.78. The van der Waals surface area contributed by atoms with Crippen molar-refractivity contribution in [3.05, 3.63) is 69.2 Å². The van der Waals surface area contributed by atoms with E-state index in [4.69, 9.17) is 17.0 Å². The maximum absolute atomic E-state index is 12.9. The molecule has 0 atom stereocenters. The van der Waals surface area contributed by atoms with E-state index in [-0.39, 0.29) is 22.8 Å². The molecule has 0 aliphatic carbocycles. The van der Waals surface area contributed by atoms with Crippen LogP contribution in [-0.4, -0.2) is 72.7 Å². The molecule has 0 saturated carbocycles. The van der Waals surface area contributed by atoms with E-state index in [1.165, 1.54) is 35.6 Å². The second-order valence-electron chi connectivity index (χ2n) is 8.09. The number of hydrogen-bond acceptors (Lipinski definition) is 7. The van der Waals surface area contributed by atoms with E-state index in [1.54, 1.807) is 0 Å². The monoisotopic (exact) mass is 481 g/mol. The Morgan fingerprint density at radius 3 is 2.53 bits per heavy atom. The molecule has 2 aromatic carbocycles. The number of nitrogens with one attached hydrogen (secondary N) is 2. The van der Waals surface area contributed by atoms with E-state index in [2.05, 4.69) is 32.2 Å². The number of para-hydroxylation sites is 1. The van der Waals surface area contributed by atoms with Crippen LogP contribution in [0.2, 0.25) is 0 Å². The molecule has 9 nitrogen and oxygen atoms in total. The number of rotatable bonds is 7. The first-order valence-corrected chi connectivity index (χ1v) is 11.5. The minimum Gasteiger partial charge on any atom is -0.465 e. The van der Waals surface area contributed by atoms with E-state index in [9.17, 15) is 14.4 Å². The Labute approximate surface area is 201 Å². The molecule has 0 spiro atoms. The summed E-state index contributed by atoms with van der Waals surface area (Å²) in [4.78, 5) is 44.7. The van der Waals surface area contributed by atoms with E-state index in [0.29, 0.717) is 23.0 Å². The van der Waals surface area contributed by atoms with Gasteiger partial charge in [-0.2, -0.15) is 0 Å². The Balaban J connectivity index is 1.31. The highest BCUT2D eigenvalue weighted by molar-refractivity contribution is 7.71. The van der Waals surface area contributed by atoms with Crippen LogP contribution in [-0.2, 0) is 16.1 Å². The van der Waals surface area contributed by atoms with Crippen LogP contribution >= 0.6 is 12.2 Å². The fraction of sp³-hybridized carbons (Fsp3) is 0.333.